The number of nitrogens with zero attached hydrogens (tertiary/aromatic N) is 6. The first-order valence-electron chi connectivity index (χ1n) is 9.87. The predicted octanol–water partition coefficient (Wildman–Crippen LogP) is 4.41. The lowest BCUT2D eigenvalue weighted by atomic mass is 10.2. The van der Waals surface area contributed by atoms with Gasteiger partial charge in [0.05, 0.1) is 6.54 Å². The fourth-order valence-corrected chi connectivity index (χ4v) is 3.08. The molecule has 0 aliphatic rings. The van der Waals surface area contributed by atoms with Gasteiger partial charge >= 0.3 is 6.11 Å². The van der Waals surface area contributed by atoms with Crippen molar-refractivity contribution in [3.8, 4) is 28.9 Å². The van der Waals surface area contributed by atoms with Crippen molar-refractivity contribution in [3.05, 3.63) is 59.9 Å². The summed E-state index contributed by atoms with van der Waals surface area (Å²) in [7, 11) is 3.98. The van der Waals surface area contributed by atoms with E-state index in [1.54, 1.807) is 16.8 Å². The first kappa shape index (κ1) is 21.4. The molecule has 4 rings (SSSR count). The van der Waals surface area contributed by atoms with Crippen LogP contribution in [0.25, 0.3) is 23.1 Å². The van der Waals surface area contributed by atoms with Gasteiger partial charge in [-0.15, -0.1) is 5.10 Å². The van der Waals surface area contributed by atoms with Gasteiger partial charge in [0.1, 0.15) is 11.6 Å². The van der Waals surface area contributed by atoms with Crippen molar-refractivity contribution in [3.63, 3.8) is 0 Å². The van der Waals surface area contributed by atoms with Crippen molar-refractivity contribution in [2.45, 2.75) is 26.5 Å². The standard InChI is InChI=1S/C22H22F2N6O2/c1-14-25-20(27-30(14)13-15-6-5-7-17(12-15)29(3)4)21-26-19(28-32-21)16-8-10-18(11-9-16)31-22(2,23)24/h5-12H,13H2,1-4H3. The third kappa shape index (κ3) is 4.90. The molecule has 0 unspecified atom stereocenters. The lowest BCUT2D eigenvalue weighted by Gasteiger charge is -2.13. The molecule has 8 nitrogen and oxygen atoms in total. The largest absolute Gasteiger partial charge is 0.433 e. The molecule has 0 aliphatic heterocycles. The van der Waals surface area contributed by atoms with Crippen LogP contribution < -0.4 is 9.64 Å². The quantitative estimate of drug-likeness (QED) is 0.421. The lowest BCUT2D eigenvalue weighted by molar-refractivity contribution is -0.158. The summed E-state index contributed by atoms with van der Waals surface area (Å²) >= 11 is 0. The average Bonchev–Trinajstić information content (AvgIpc) is 3.35. The Morgan fingerprint density at radius 2 is 1.81 bits per heavy atom. The van der Waals surface area contributed by atoms with Gasteiger partial charge in [-0.25, -0.2) is 9.67 Å². The minimum Gasteiger partial charge on any atom is -0.433 e. The summed E-state index contributed by atoms with van der Waals surface area (Å²) in [4.78, 5) is 10.8. The minimum absolute atomic E-state index is 0.0411. The number of halogens is 2. The monoisotopic (exact) mass is 440 g/mol. The molecular weight excluding hydrogens is 418 g/mol. The maximum atomic E-state index is 13.0. The number of hydrogen-bond acceptors (Lipinski definition) is 7. The summed E-state index contributed by atoms with van der Waals surface area (Å²) < 4.78 is 37.6. The van der Waals surface area contributed by atoms with Crippen LogP contribution in [0.4, 0.5) is 14.5 Å². The van der Waals surface area contributed by atoms with Gasteiger partial charge < -0.3 is 14.2 Å². The summed E-state index contributed by atoms with van der Waals surface area (Å²) in [6.45, 7) is 3.08. The summed E-state index contributed by atoms with van der Waals surface area (Å²) in [5, 5.41) is 8.45. The van der Waals surface area contributed by atoms with Crippen LogP contribution in [0.1, 0.15) is 18.3 Å². The van der Waals surface area contributed by atoms with Crippen LogP contribution in [-0.4, -0.2) is 45.1 Å². The first-order valence-corrected chi connectivity index (χ1v) is 9.87. The number of aryl methyl sites for hydroxylation is 1. The SMILES string of the molecule is Cc1nc(-c2nc(-c3ccc(OC(C)(F)F)cc3)no2)nn1Cc1cccc(N(C)C)c1. The number of anilines is 1. The van der Waals surface area contributed by atoms with Crippen LogP contribution in [0.5, 0.6) is 5.75 Å². The van der Waals surface area contributed by atoms with Gasteiger partial charge in [-0.05, 0) is 48.9 Å². The lowest BCUT2D eigenvalue weighted by Crippen LogP contribution is -2.18. The van der Waals surface area contributed by atoms with E-state index in [0.29, 0.717) is 36.5 Å². The third-order valence-electron chi connectivity index (χ3n) is 4.64. The van der Waals surface area contributed by atoms with Gasteiger partial charge in [0.25, 0.3) is 5.89 Å². The molecule has 4 aromatic rings. The van der Waals surface area contributed by atoms with E-state index in [1.165, 1.54) is 12.1 Å². The van der Waals surface area contributed by atoms with E-state index in [9.17, 15) is 8.78 Å². The molecule has 2 aromatic heterocycles. The number of aromatic nitrogens is 5. The highest BCUT2D eigenvalue weighted by molar-refractivity contribution is 5.57. The zero-order valence-electron chi connectivity index (χ0n) is 18.1. The Morgan fingerprint density at radius 3 is 2.50 bits per heavy atom. The second kappa shape index (κ2) is 8.37. The van der Waals surface area contributed by atoms with Crippen LogP contribution >= 0.6 is 0 Å². The predicted molar refractivity (Wildman–Crippen MR) is 115 cm³/mol. The van der Waals surface area contributed by atoms with E-state index in [0.717, 1.165) is 11.3 Å². The molecule has 2 heterocycles. The zero-order valence-corrected chi connectivity index (χ0v) is 18.1. The van der Waals surface area contributed by atoms with Gasteiger partial charge in [0.2, 0.25) is 11.6 Å². The molecule has 0 radical (unpaired) electrons. The highest BCUT2D eigenvalue weighted by Gasteiger charge is 2.23. The van der Waals surface area contributed by atoms with Crippen molar-refractivity contribution in [1.82, 2.24) is 24.9 Å². The third-order valence-corrected chi connectivity index (χ3v) is 4.64. The van der Waals surface area contributed by atoms with Crippen LogP contribution in [0, 0.1) is 6.92 Å². The number of alkyl halides is 2. The molecule has 0 N–H and O–H groups in total. The van der Waals surface area contributed by atoms with Crippen molar-refractivity contribution >= 4 is 5.69 Å². The molecule has 0 aliphatic carbocycles. The van der Waals surface area contributed by atoms with E-state index < -0.39 is 6.11 Å². The Kier molecular flexibility index (Phi) is 5.60. The smallest absolute Gasteiger partial charge is 0.394 e. The number of benzene rings is 2. The zero-order chi connectivity index (χ0) is 22.9. The van der Waals surface area contributed by atoms with E-state index in [1.807, 2.05) is 44.1 Å². The highest BCUT2D eigenvalue weighted by atomic mass is 19.3. The molecule has 10 heteroatoms. The molecule has 0 saturated heterocycles. The van der Waals surface area contributed by atoms with Gasteiger partial charge in [0, 0.05) is 32.3 Å². The minimum atomic E-state index is -3.25. The van der Waals surface area contributed by atoms with Crippen molar-refractivity contribution in [2.75, 3.05) is 19.0 Å². The van der Waals surface area contributed by atoms with Crippen molar-refractivity contribution in [1.29, 1.82) is 0 Å². The van der Waals surface area contributed by atoms with Crippen molar-refractivity contribution in [2.24, 2.45) is 0 Å². The van der Waals surface area contributed by atoms with Crippen molar-refractivity contribution < 1.29 is 18.0 Å². The highest BCUT2D eigenvalue weighted by Crippen LogP contribution is 2.26. The number of rotatable bonds is 7. The molecule has 166 valence electrons. The van der Waals surface area contributed by atoms with Gasteiger partial charge in [-0.2, -0.15) is 13.8 Å². The molecule has 0 atom stereocenters. The average molecular weight is 440 g/mol. The fraction of sp³-hybridized carbons (Fsp3) is 0.273. The van der Waals surface area contributed by atoms with Gasteiger partial charge in [-0.3, -0.25) is 0 Å². The topological polar surface area (TPSA) is 82.1 Å². The molecule has 0 fully saturated rings. The molecule has 0 amide bonds. The van der Waals surface area contributed by atoms with Crippen LogP contribution in [-0.2, 0) is 6.54 Å². The van der Waals surface area contributed by atoms with Crippen LogP contribution in [0.2, 0.25) is 0 Å². The molecule has 2 aromatic carbocycles. The van der Waals surface area contributed by atoms with Crippen LogP contribution in [0.15, 0.2) is 53.1 Å². The maximum Gasteiger partial charge on any atom is 0.394 e. The summed E-state index contributed by atoms with van der Waals surface area (Å²) in [6, 6.07) is 14.1. The summed E-state index contributed by atoms with van der Waals surface area (Å²) in [5.74, 6) is 1.53. The van der Waals surface area contributed by atoms with E-state index >= 15 is 0 Å². The number of hydrogen-bond donors (Lipinski definition) is 0. The Labute approximate surface area is 183 Å². The second-order valence-electron chi connectivity index (χ2n) is 7.56. The molecule has 0 saturated carbocycles. The second-order valence-corrected chi connectivity index (χ2v) is 7.56. The molecular formula is C22H22F2N6O2. The maximum absolute atomic E-state index is 13.0. The normalized spacial score (nSPS) is 11.6. The Balaban J connectivity index is 1.52. The Morgan fingerprint density at radius 1 is 1.06 bits per heavy atom. The first-order chi connectivity index (χ1) is 15.2. The number of ether oxygens (including phenoxy) is 1. The summed E-state index contributed by atoms with van der Waals surface area (Å²) in [6.07, 6.45) is -3.25. The summed E-state index contributed by atoms with van der Waals surface area (Å²) in [5.41, 5.74) is 2.77. The van der Waals surface area contributed by atoms with E-state index in [-0.39, 0.29) is 11.6 Å². The van der Waals surface area contributed by atoms with E-state index in [4.69, 9.17) is 4.52 Å². The van der Waals surface area contributed by atoms with Gasteiger partial charge in [0.15, 0.2) is 0 Å². The fourth-order valence-electron chi connectivity index (χ4n) is 3.08. The van der Waals surface area contributed by atoms with Crippen LogP contribution in [0.3, 0.4) is 0 Å². The van der Waals surface area contributed by atoms with E-state index in [2.05, 4.69) is 31.0 Å². The Bertz CT molecular complexity index is 1210. The molecule has 0 spiro atoms. The van der Waals surface area contributed by atoms with Gasteiger partial charge in [-0.1, -0.05) is 17.3 Å². The molecule has 0 bridgehead atoms. The molecule has 32 heavy (non-hydrogen) atoms. The Hall–Kier alpha value is -3.82.